The molecule has 0 fully saturated rings. The lowest BCUT2D eigenvalue weighted by molar-refractivity contribution is 0.634. The lowest BCUT2D eigenvalue weighted by atomic mass is 10.2. The third-order valence-corrected chi connectivity index (χ3v) is 4.28. The molecule has 0 saturated carbocycles. The van der Waals surface area contributed by atoms with Crippen LogP contribution in [0.1, 0.15) is 0 Å². The number of aryl methyl sites for hydroxylation is 1. The highest BCUT2D eigenvalue weighted by Crippen LogP contribution is 2.39. The Bertz CT molecular complexity index is 520. The molecule has 0 unspecified atom stereocenters. The second-order valence-corrected chi connectivity index (χ2v) is 6.66. The minimum Gasteiger partial charge on any atom is -0.381 e. The fourth-order valence-corrected chi connectivity index (χ4v) is 3.99. The molecule has 2 aromatic heterocycles. The van der Waals surface area contributed by atoms with Crippen LogP contribution in [0.3, 0.4) is 0 Å². The van der Waals surface area contributed by atoms with Gasteiger partial charge in [-0.2, -0.15) is 5.10 Å². The first kappa shape index (κ1) is 11.1. The predicted molar refractivity (Wildman–Crippen MR) is 66.3 cm³/mol. The Morgan fingerprint density at radius 2 is 2.20 bits per heavy atom. The molecule has 80 valence electrons. The molecule has 0 aliphatic rings. The van der Waals surface area contributed by atoms with Crippen molar-refractivity contribution in [2.45, 2.75) is 0 Å². The van der Waals surface area contributed by atoms with Crippen molar-refractivity contribution < 1.29 is 4.39 Å². The van der Waals surface area contributed by atoms with Gasteiger partial charge < -0.3 is 5.73 Å². The van der Waals surface area contributed by atoms with E-state index in [1.54, 1.807) is 13.1 Å². The van der Waals surface area contributed by atoms with Gasteiger partial charge in [-0.3, -0.25) is 0 Å². The fraction of sp³-hybridized carbons (Fsp3) is 0.125. The number of nitrogens with two attached hydrogens (primary N) is 1. The Morgan fingerprint density at radius 1 is 1.53 bits per heavy atom. The number of thiophene rings is 1. The van der Waals surface area contributed by atoms with Crippen molar-refractivity contribution in [3.63, 3.8) is 0 Å². The van der Waals surface area contributed by atoms with Crippen LogP contribution in [0.2, 0.25) is 0 Å². The number of nitrogen functional groups attached to an aromatic ring is 1. The molecule has 0 amide bonds. The number of rotatable bonds is 1. The molecule has 3 nitrogen and oxygen atoms in total. The van der Waals surface area contributed by atoms with E-state index in [2.05, 4.69) is 37.0 Å². The third-order valence-electron chi connectivity index (χ3n) is 1.94. The van der Waals surface area contributed by atoms with Crippen molar-refractivity contribution >= 4 is 49.0 Å². The highest BCUT2D eigenvalue weighted by molar-refractivity contribution is 9.12. The Morgan fingerprint density at radius 3 is 2.60 bits per heavy atom. The molecule has 0 saturated heterocycles. The molecule has 0 aliphatic carbocycles. The Labute approximate surface area is 106 Å². The van der Waals surface area contributed by atoms with Crippen LogP contribution in [-0.4, -0.2) is 9.78 Å². The van der Waals surface area contributed by atoms with E-state index >= 15 is 0 Å². The van der Waals surface area contributed by atoms with E-state index in [0.29, 0.717) is 5.56 Å². The molecular weight excluding hydrogens is 349 g/mol. The number of aromatic nitrogens is 2. The van der Waals surface area contributed by atoms with Crippen LogP contribution in [0.15, 0.2) is 13.6 Å². The first-order valence-electron chi connectivity index (χ1n) is 3.94. The Hall–Kier alpha value is -0.400. The lowest BCUT2D eigenvalue weighted by Crippen LogP contribution is -1.97. The van der Waals surface area contributed by atoms with Crippen molar-refractivity contribution in [3.05, 3.63) is 19.5 Å². The van der Waals surface area contributed by atoms with E-state index in [-0.39, 0.29) is 11.5 Å². The van der Waals surface area contributed by atoms with Gasteiger partial charge in [0.2, 0.25) is 0 Å². The standard InChI is InChI=1S/C8H6Br2FN3S/c1-14-8(12)5(11)6(13-14)3-2-4(9)15-7(3)10/h2H,12H2,1H3. The summed E-state index contributed by atoms with van der Waals surface area (Å²) in [5.74, 6) is -0.442. The maximum Gasteiger partial charge on any atom is 0.192 e. The van der Waals surface area contributed by atoms with Gasteiger partial charge in [-0.1, -0.05) is 0 Å². The zero-order valence-corrected chi connectivity index (χ0v) is 11.6. The number of halogens is 3. The van der Waals surface area contributed by atoms with Crippen LogP contribution < -0.4 is 5.73 Å². The van der Waals surface area contributed by atoms with E-state index in [0.717, 1.165) is 7.57 Å². The molecule has 0 aliphatic heterocycles. The molecule has 2 aromatic rings. The summed E-state index contributed by atoms with van der Waals surface area (Å²) in [6.07, 6.45) is 0. The van der Waals surface area contributed by atoms with Gasteiger partial charge in [0.1, 0.15) is 5.69 Å². The molecular formula is C8H6Br2FN3S. The fourth-order valence-electron chi connectivity index (χ4n) is 1.18. The SMILES string of the molecule is Cn1nc(-c2cc(Br)sc2Br)c(F)c1N. The highest BCUT2D eigenvalue weighted by Gasteiger charge is 2.19. The van der Waals surface area contributed by atoms with Gasteiger partial charge in [0.15, 0.2) is 11.6 Å². The summed E-state index contributed by atoms with van der Waals surface area (Å²) in [4.78, 5) is 0. The molecule has 0 aromatic carbocycles. The normalized spacial score (nSPS) is 10.9. The van der Waals surface area contributed by atoms with Crippen LogP contribution in [0.5, 0.6) is 0 Å². The van der Waals surface area contributed by atoms with Gasteiger partial charge in [-0.25, -0.2) is 9.07 Å². The topological polar surface area (TPSA) is 43.8 Å². The van der Waals surface area contributed by atoms with E-state index in [1.165, 1.54) is 16.0 Å². The van der Waals surface area contributed by atoms with Crippen LogP contribution in [-0.2, 0) is 7.05 Å². The largest absolute Gasteiger partial charge is 0.381 e. The molecule has 7 heteroatoms. The molecule has 2 N–H and O–H groups in total. The first-order chi connectivity index (χ1) is 7.00. The summed E-state index contributed by atoms with van der Waals surface area (Å²) in [6.45, 7) is 0. The molecule has 2 heterocycles. The smallest absolute Gasteiger partial charge is 0.192 e. The number of anilines is 1. The van der Waals surface area contributed by atoms with Crippen molar-refractivity contribution in [1.29, 1.82) is 0 Å². The predicted octanol–water partition coefficient (Wildman–Crippen LogP) is 3.39. The maximum absolute atomic E-state index is 13.7. The Balaban J connectivity index is 2.64. The molecule has 2 rings (SSSR count). The second kappa shape index (κ2) is 3.88. The van der Waals surface area contributed by atoms with E-state index in [9.17, 15) is 4.39 Å². The van der Waals surface area contributed by atoms with Gasteiger partial charge in [0, 0.05) is 12.6 Å². The summed E-state index contributed by atoms with van der Waals surface area (Å²) < 4.78 is 16.7. The number of hydrogen-bond donors (Lipinski definition) is 1. The molecule has 0 spiro atoms. The quantitative estimate of drug-likeness (QED) is 0.852. The van der Waals surface area contributed by atoms with Crippen molar-refractivity contribution in [2.24, 2.45) is 7.05 Å². The van der Waals surface area contributed by atoms with E-state index < -0.39 is 5.82 Å². The maximum atomic E-state index is 13.7. The van der Waals surface area contributed by atoms with Gasteiger partial charge >= 0.3 is 0 Å². The zero-order valence-electron chi connectivity index (χ0n) is 7.59. The minimum atomic E-state index is -0.483. The summed E-state index contributed by atoms with van der Waals surface area (Å²) in [5.41, 5.74) is 6.47. The average molecular weight is 355 g/mol. The molecule has 0 bridgehead atoms. The van der Waals surface area contributed by atoms with Crippen molar-refractivity contribution in [3.8, 4) is 11.3 Å². The number of hydrogen-bond acceptors (Lipinski definition) is 3. The van der Waals surface area contributed by atoms with Crippen LogP contribution >= 0.6 is 43.2 Å². The molecule has 0 atom stereocenters. The van der Waals surface area contributed by atoms with E-state index in [1.807, 2.05) is 0 Å². The van der Waals surface area contributed by atoms with Gasteiger partial charge in [0.25, 0.3) is 0 Å². The summed E-state index contributed by atoms with van der Waals surface area (Å²) in [6, 6.07) is 1.81. The van der Waals surface area contributed by atoms with Gasteiger partial charge in [-0.15, -0.1) is 11.3 Å². The first-order valence-corrected chi connectivity index (χ1v) is 6.34. The van der Waals surface area contributed by atoms with Crippen LogP contribution in [0, 0.1) is 5.82 Å². The van der Waals surface area contributed by atoms with Crippen molar-refractivity contribution in [2.75, 3.05) is 5.73 Å². The monoisotopic (exact) mass is 353 g/mol. The second-order valence-electron chi connectivity index (χ2n) is 2.91. The zero-order chi connectivity index (χ0) is 11.2. The third kappa shape index (κ3) is 1.83. The van der Waals surface area contributed by atoms with Gasteiger partial charge in [-0.05, 0) is 37.9 Å². The lowest BCUT2D eigenvalue weighted by Gasteiger charge is -1.91. The van der Waals surface area contributed by atoms with Crippen molar-refractivity contribution in [1.82, 2.24) is 9.78 Å². The summed E-state index contributed by atoms with van der Waals surface area (Å²) in [7, 11) is 1.61. The van der Waals surface area contributed by atoms with Crippen LogP contribution in [0.4, 0.5) is 10.2 Å². The summed E-state index contributed by atoms with van der Waals surface area (Å²) in [5, 5.41) is 4.03. The number of nitrogens with zero attached hydrogens (tertiary/aromatic N) is 2. The minimum absolute atomic E-state index is 0.0409. The Kier molecular flexibility index (Phi) is 2.87. The van der Waals surface area contributed by atoms with Gasteiger partial charge in [0.05, 0.1) is 7.57 Å². The summed E-state index contributed by atoms with van der Waals surface area (Å²) >= 11 is 8.15. The average Bonchev–Trinajstić information content (AvgIpc) is 2.61. The molecule has 0 radical (unpaired) electrons. The highest BCUT2D eigenvalue weighted by atomic mass is 79.9. The van der Waals surface area contributed by atoms with Crippen LogP contribution in [0.25, 0.3) is 11.3 Å². The van der Waals surface area contributed by atoms with E-state index in [4.69, 9.17) is 5.73 Å². The molecule has 15 heavy (non-hydrogen) atoms.